The van der Waals surface area contributed by atoms with Gasteiger partial charge >= 0.3 is 0 Å². The fourth-order valence-corrected chi connectivity index (χ4v) is 8.82. The standard InChI is InChI=1S/C58H56N4O.Pt/c1-55(2,3)42-25-19-26-44(33-42)60-38-52(56(4,5)6)61(39-60)45-27-20-28-46(35-45)63-47-36-49(58(9,10)41-23-15-12-16-24-41)54-48-29-17-18-30-50(48)62(51(54)37-47)53-34-43(31-32-59-53)57(7,8)40-21-13-11-14-22-40;/h11-34,36,38H,1-10H3;/q-2;. The van der Waals surface area contributed by atoms with Crippen LogP contribution in [0, 0.1) is 18.5 Å². The second-order valence-electron chi connectivity index (χ2n) is 19.9. The summed E-state index contributed by atoms with van der Waals surface area (Å²) < 4.78 is 13.4. The number of rotatable bonds is 9. The maximum absolute atomic E-state index is 6.93. The fourth-order valence-electron chi connectivity index (χ4n) is 8.82. The minimum atomic E-state index is -0.405. The first-order valence-electron chi connectivity index (χ1n) is 22.0. The Hall–Kier alpha value is -6.03. The van der Waals surface area contributed by atoms with E-state index in [-0.39, 0.29) is 37.3 Å². The van der Waals surface area contributed by atoms with Crippen LogP contribution in [-0.2, 0) is 42.7 Å². The normalized spacial score (nSPS) is 12.4. The number of fused-ring (bicyclic) bond motifs is 3. The number of para-hydroxylation sites is 1. The van der Waals surface area contributed by atoms with Gasteiger partial charge in [0.2, 0.25) is 0 Å². The number of ether oxygens (including phenoxy) is 1. The van der Waals surface area contributed by atoms with E-state index in [1.54, 1.807) is 0 Å². The Morgan fingerprint density at radius 2 is 1.20 bits per heavy atom. The zero-order valence-electron chi connectivity index (χ0n) is 38.5. The third-order valence-electron chi connectivity index (χ3n) is 12.7. The number of hydrogen-bond donors (Lipinski definition) is 0. The first kappa shape index (κ1) is 44.6. The second kappa shape index (κ2) is 16.8. The Kier molecular flexibility index (Phi) is 11.7. The molecule has 0 fully saturated rings. The molecule has 0 aliphatic rings. The van der Waals surface area contributed by atoms with Gasteiger partial charge in [-0.25, -0.2) is 4.98 Å². The van der Waals surface area contributed by atoms with Crippen LogP contribution in [0.3, 0.4) is 0 Å². The maximum atomic E-state index is 6.93. The van der Waals surface area contributed by atoms with Crippen molar-refractivity contribution in [2.45, 2.75) is 90.9 Å². The van der Waals surface area contributed by atoms with Crippen LogP contribution in [0.25, 0.3) is 39.0 Å². The van der Waals surface area contributed by atoms with E-state index in [1.165, 1.54) is 22.3 Å². The molecule has 3 aromatic heterocycles. The minimum Gasteiger partial charge on any atom is -0.510 e. The number of aromatic nitrogens is 4. The molecule has 6 aromatic carbocycles. The molecule has 326 valence electrons. The molecular formula is C58H56N4OPt-2. The summed E-state index contributed by atoms with van der Waals surface area (Å²) in [5.74, 6) is 2.01. The predicted molar refractivity (Wildman–Crippen MR) is 257 cm³/mol. The predicted octanol–water partition coefficient (Wildman–Crippen LogP) is 13.7. The maximum Gasteiger partial charge on any atom is 0.267 e. The summed E-state index contributed by atoms with van der Waals surface area (Å²) in [6.45, 7) is 22.6. The molecule has 0 aliphatic heterocycles. The smallest absolute Gasteiger partial charge is 0.267 e. The van der Waals surface area contributed by atoms with Crippen molar-refractivity contribution in [3.8, 4) is 28.7 Å². The summed E-state index contributed by atoms with van der Waals surface area (Å²) in [5.41, 5.74) is 10.2. The van der Waals surface area contributed by atoms with E-state index >= 15 is 0 Å². The van der Waals surface area contributed by atoms with Crippen LogP contribution >= 0.6 is 0 Å². The molecule has 0 spiro atoms. The zero-order valence-corrected chi connectivity index (χ0v) is 40.8. The number of pyridine rings is 1. The molecule has 6 heteroatoms. The molecule has 0 saturated heterocycles. The van der Waals surface area contributed by atoms with Crippen LogP contribution < -0.4 is 9.30 Å². The molecule has 9 aromatic rings. The molecule has 0 aliphatic carbocycles. The first-order chi connectivity index (χ1) is 30.0. The van der Waals surface area contributed by atoms with Crippen molar-refractivity contribution in [2.75, 3.05) is 0 Å². The van der Waals surface area contributed by atoms with E-state index in [0.717, 1.165) is 50.3 Å². The molecule has 5 nitrogen and oxygen atoms in total. The molecule has 0 bridgehead atoms. The molecular weight excluding hydrogens is 964 g/mol. The molecule has 0 unspecified atom stereocenters. The van der Waals surface area contributed by atoms with Gasteiger partial charge in [0.25, 0.3) is 6.33 Å². The topological polar surface area (TPSA) is 35.9 Å². The summed E-state index contributed by atoms with van der Waals surface area (Å²) >= 11 is 0. The van der Waals surface area contributed by atoms with E-state index in [0.29, 0.717) is 11.5 Å². The Labute approximate surface area is 393 Å². The molecule has 0 amide bonds. The fraction of sp³-hybridized carbons (Fsp3) is 0.241. The summed E-state index contributed by atoms with van der Waals surface area (Å²) in [6.07, 6.45) is 7.77. The van der Waals surface area contributed by atoms with Gasteiger partial charge in [0, 0.05) is 55.9 Å². The van der Waals surface area contributed by atoms with E-state index in [4.69, 9.17) is 9.72 Å². The van der Waals surface area contributed by atoms with Crippen molar-refractivity contribution in [3.63, 3.8) is 0 Å². The Bertz CT molecular complexity index is 3110. The molecule has 0 N–H and O–H groups in total. The van der Waals surface area contributed by atoms with Gasteiger partial charge in [-0.05, 0) is 79.9 Å². The Balaban J connectivity index is 0.00000560. The molecule has 64 heavy (non-hydrogen) atoms. The van der Waals surface area contributed by atoms with Crippen LogP contribution in [0.1, 0.15) is 103 Å². The van der Waals surface area contributed by atoms with Crippen molar-refractivity contribution in [3.05, 3.63) is 210 Å². The van der Waals surface area contributed by atoms with E-state index in [1.807, 2.05) is 18.3 Å². The van der Waals surface area contributed by atoms with Gasteiger partial charge < -0.3 is 13.9 Å². The Morgan fingerprint density at radius 1 is 0.562 bits per heavy atom. The van der Waals surface area contributed by atoms with Gasteiger partial charge in [-0.1, -0.05) is 171 Å². The van der Waals surface area contributed by atoms with Crippen molar-refractivity contribution in [1.82, 2.24) is 14.1 Å². The zero-order chi connectivity index (χ0) is 44.3. The molecule has 0 radical (unpaired) electrons. The van der Waals surface area contributed by atoms with E-state index in [2.05, 4.69) is 241 Å². The van der Waals surface area contributed by atoms with Gasteiger partial charge in [-0.3, -0.25) is 4.57 Å². The van der Waals surface area contributed by atoms with Crippen LogP contribution in [0.4, 0.5) is 0 Å². The summed E-state index contributed by atoms with van der Waals surface area (Å²) in [4.78, 5) is 5.05. The van der Waals surface area contributed by atoms with Crippen molar-refractivity contribution >= 4 is 21.8 Å². The monoisotopic (exact) mass is 1020 g/mol. The van der Waals surface area contributed by atoms with Gasteiger partial charge in [0.15, 0.2) is 0 Å². The van der Waals surface area contributed by atoms with Crippen LogP contribution in [0.15, 0.2) is 158 Å². The van der Waals surface area contributed by atoms with Crippen LogP contribution in [0.2, 0.25) is 0 Å². The Morgan fingerprint density at radius 3 is 1.89 bits per heavy atom. The molecule has 0 saturated carbocycles. The molecule has 3 heterocycles. The summed E-state index contributed by atoms with van der Waals surface area (Å²) in [6, 6.07) is 58.8. The average Bonchev–Trinajstić information content (AvgIpc) is 3.88. The van der Waals surface area contributed by atoms with Crippen molar-refractivity contribution < 1.29 is 30.4 Å². The van der Waals surface area contributed by atoms with Gasteiger partial charge in [0.1, 0.15) is 5.82 Å². The number of hydrogen-bond acceptors (Lipinski definition) is 2. The van der Waals surface area contributed by atoms with Gasteiger partial charge in [-0.15, -0.1) is 29.8 Å². The summed E-state index contributed by atoms with van der Waals surface area (Å²) in [7, 11) is 0. The van der Waals surface area contributed by atoms with E-state index in [9.17, 15) is 0 Å². The third-order valence-corrected chi connectivity index (χ3v) is 12.7. The van der Waals surface area contributed by atoms with E-state index < -0.39 is 5.41 Å². The number of imidazole rings is 1. The van der Waals surface area contributed by atoms with Gasteiger partial charge in [-0.2, -0.15) is 12.1 Å². The number of nitrogens with zero attached hydrogens (tertiary/aromatic N) is 4. The van der Waals surface area contributed by atoms with Crippen molar-refractivity contribution in [2.24, 2.45) is 0 Å². The van der Waals surface area contributed by atoms with Crippen LogP contribution in [-0.4, -0.2) is 14.1 Å². The minimum absolute atomic E-state index is 0. The average molecular weight is 1020 g/mol. The summed E-state index contributed by atoms with van der Waals surface area (Å²) in [5, 5.41) is 2.26. The van der Waals surface area contributed by atoms with Crippen LogP contribution in [0.5, 0.6) is 11.5 Å². The largest absolute Gasteiger partial charge is 0.510 e. The third kappa shape index (κ3) is 8.27. The SMILES string of the molecule is CC(C)(C)c1cccc(-[n+]2[c-]n(-c3[c-]c(Oc4[c-]c5c(c(C(C)(C)c6ccccc6)c4)c4ccccc4n5-c4cc(C(C)(C)c5ccccc5)ccn4)ccc3)c(C(C)(C)C)c2)c1.[Pt]. The van der Waals surface area contributed by atoms with Crippen molar-refractivity contribution in [1.29, 1.82) is 0 Å². The second-order valence-corrected chi connectivity index (χ2v) is 19.9. The van der Waals surface area contributed by atoms with Gasteiger partial charge in [0.05, 0.1) is 11.4 Å². The number of benzene rings is 6. The quantitative estimate of drug-likeness (QED) is 0.107. The first-order valence-corrected chi connectivity index (χ1v) is 22.0. The molecule has 9 rings (SSSR count). The molecule has 0 atom stereocenters.